The minimum absolute atomic E-state index is 0.220. The summed E-state index contributed by atoms with van der Waals surface area (Å²) in [4.78, 5) is 11.2. The van der Waals surface area contributed by atoms with Gasteiger partial charge in [0.05, 0.1) is 11.6 Å². The van der Waals surface area contributed by atoms with Gasteiger partial charge in [0.25, 0.3) is 5.91 Å². The molecular weight excluding hydrogens is 266 g/mol. The number of hydrogen-bond donors (Lipinski definition) is 2. The molecule has 21 heavy (non-hydrogen) atoms. The number of benzene rings is 2. The van der Waals surface area contributed by atoms with Gasteiger partial charge in [0.15, 0.2) is 0 Å². The van der Waals surface area contributed by atoms with Crippen LogP contribution in [0.2, 0.25) is 0 Å². The number of rotatable bonds is 5. The fraction of sp³-hybridized carbons (Fsp3) is 0.0625. The highest BCUT2D eigenvalue weighted by molar-refractivity contribution is 6.44. The van der Waals surface area contributed by atoms with Crippen molar-refractivity contribution in [1.29, 1.82) is 10.7 Å². The van der Waals surface area contributed by atoms with E-state index in [-0.39, 0.29) is 11.3 Å². The summed E-state index contributed by atoms with van der Waals surface area (Å²) in [6.07, 6.45) is 0. The van der Waals surface area contributed by atoms with Crippen molar-refractivity contribution < 1.29 is 9.53 Å². The van der Waals surface area contributed by atoms with Gasteiger partial charge in [-0.3, -0.25) is 10.2 Å². The summed E-state index contributed by atoms with van der Waals surface area (Å²) in [5.41, 5.74) is 6.27. The van der Waals surface area contributed by atoms with Gasteiger partial charge in [0.1, 0.15) is 18.1 Å². The first kappa shape index (κ1) is 14.3. The molecule has 2 rings (SSSR count). The number of carbonyl (C=O) groups is 1. The summed E-state index contributed by atoms with van der Waals surface area (Å²) in [6, 6.07) is 16.0. The molecule has 0 atom stereocenters. The van der Waals surface area contributed by atoms with Gasteiger partial charge < -0.3 is 10.5 Å². The summed E-state index contributed by atoms with van der Waals surface area (Å²) < 4.78 is 5.64. The Morgan fingerprint density at radius 3 is 2.57 bits per heavy atom. The standard InChI is InChI=1S/C16H13N3O2/c17-9-12-6-7-14(13(8-12)15(18)16(19)20)21-10-11-4-2-1-3-5-11/h1-8,18H,10H2,(H2,19,20). The summed E-state index contributed by atoms with van der Waals surface area (Å²) >= 11 is 0. The lowest BCUT2D eigenvalue weighted by Gasteiger charge is -2.11. The smallest absolute Gasteiger partial charge is 0.267 e. The molecule has 0 fully saturated rings. The highest BCUT2D eigenvalue weighted by Gasteiger charge is 2.15. The van der Waals surface area contributed by atoms with Crippen LogP contribution in [-0.2, 0) is 11.4 Å². The van der Waals surface area contributed by atoms with Crippen LogP contribution in [0.1, 0.15) is 16.7 Å². The molecule has 0 aromatic heterocycles. The summed E-state index contributed by atoms with van der Waals surface area (Å²) in [6.45, 7) is 0.297. The Morgan fingerprint density at radius 2 is 1.95 bits per heavy atom. The van der Waals surface area contributed by atoms with Gasteiger partial charge >= 0.3 is 0 Å². The van der Waals surface area contributed by atoms with Crippen LogP contribution in [-0.4, -0.2) is 11.6 Å². The number of ether oxygens (including phenoxy) is 1. The van der Waals surface area contributed by atoms with E-state index < -0.39 is 5.91 Å². The third kappa shape index (κ3) is 3.45. The van der Waals surface area contributed by atoms with Crippen LogP contribution in [0.15, 0.2) is 48.5 Å². The summed E-state index contributed by atoms with van der Waals surface area (Å²) in [7, 11) is 0. The van der Waals surface area contributed by atoms with Crippen molar-refractivity contribution in [3.8, 4) is 11.8 Å². The number of nitriles is 1. The average molecular weight is 279 g/mol. The SMILES string of the molecule is N#Cc1ccc(OCc2ccccc2)c(C(=N)C(N)=O)c1. The highest BCUT2D eigenvalue weighted by atomic mass is 16.5. The number of nitrogens with one attached hydrogen (secondary N) is 1. The molecule has 0 aliphatic rings. The Kier molecular flexibility index (Phi) is 4.32. The second-order valence-electron chi connectivity index (χ2n) is 4.34. The minimum Gasteiger partial charge on any atom is -0.488 e. The quantitative estimate of drug-likeness (QED) is 0.818. The maximum Gasteiger partial charge on any atom is 0.267 e. The zero-order valence-corrected chi connectivity index (χ0v) is 11.2. The Hall–Kier alpha value is -3.13. The number of hydrogen-bond acceptors (Lipinski definition) is 4. The van der Waals surface area contributed by atoms with E-state index in [0.29, 0.717) is 17.9 Å². The van der Waals surface area contributed by atoms with Crippen LogP contribution in [0.5, 0.6) is 5.75 Å². The fourth-order valence-corrected chi connectivity index (χ4v) is 1.79. The van der Waals surface area contributed by atoms with Gasteiger partial charge in [-0.15, -0.1) is 0 Å². The Morgan fingerprint density at radius 1 is 1.24 bits per heavy atom. The van der Waals surface area contributed by atoms with Crippen molar-refractivity contribution in [3.05, 3.63) is 65.2 Å². The molecule has 0 unspecified atom stereocenters. The molecule has 2 aromatic carbocycles. The van der Waals surface area contributed by atoms with Gasteiger partial charge in [0.2, 0.25) is 0 Å². The third-order valence-electron chi connectivity index (χ3n) is 2.86. The molecular formula is C16H13N3O2. The molecule has 0 saturated heterocycles. The highest BCUT2D eigenvalue weighted by Crippen LogP contribution is 2.22. The summed E-state index contributed by atoms with van der Waals surface area (Å²) in [5.74, 6) is -0.517. The van der Waals surface area contributed by atoms with Crippen molar-refractivity contribution in [2.75, 3.05) is 0 Å². The molecule has 0 spiro atoms. The van der Waals surface area contributed by atoms with Gasteiger partial charge in [-0.2, -0.15) is 5.26 Å². The van der Waals surface area contributed by atoms with Crippen LogP contribution in [0.25, 0.3) is 0 Å². The molecule has 0 aliphatic carbocycles. The lowest BCUT2D eigenvalue weighted by atomic mass is 10.1. The Bertz CT molecular complexity index is 718. The topological polar surface area (TPSA) is 100.0 Å². The second kappa shape index (κ2) is 6.35. The first-order valence-corrected chi connectivity index (χ1v) is 6.21. The normalized spacial score (nSPS) is 9.67. The largest absolute Gasteiger partial charge is 0.488 e. The monoisotopic (exact) mass is 279 g/mol. The summed E-state index contributed by atoms with van der Waals surface area (Å²) in [5, 5.41) is 16.6. The van der Waals surface area contributed by atoms with Crippen molar-refractivity contribution in [3.63, 3.8) is 0 Å². The third-order valence-corrected chi connectivity index (χ3v) is 2.86. The predicted octanol–water partition coefficient (Wildman–Crippen LogP) is 1.99. The van der Waals surface area contributed by atoms with E-state index in [1.165, 1.54) is 6.07 Å². The molecule has 0 heterocycles. The molecule has 0 bridgehead atoms. The minimum atomic E-state index is -0.866. The van der Waals surface area contributed by atoms with Crippen molar-refractivity contribution >= 4 is 11.6 Å². The Labute approximate surface area is 122 Å². The molecule has 5 nitrogen and oxygen atoms in total. The number of nitrogens with zero attached hydrogens (tertiary/aromatic N) is 1. The maximum atomic E-state index is 11.2. The zero-order valence-electron chi connectivity index (χ0n) is 11.2. The van der Waals surface area contributed by atoms with E-state index in [1.54, 1.807) is 12.1 Å². The van der Waals surface area contributed by atoms with E-state index in [4.69, 9.17) is 21.1 Å². The average Bonchev–Trinajstić information content (AvgIpc) is 2.53. The van der Waals surface area contributed by atoms with E-state index in [1.807, 2.05) is 36.4 Å². The van der Waals surface area contributed by atoms with Gasteiger partial charge in [-0.25, -0.2) is 0 Å². The Balaban J connectivity index is 2.28. The zero-order chi connectivity index (χ0) is 15.2. The number of primary amides is 1. The first-order valence-electron chi connectivity index (χ1n) is 6.21. The lowest BCUT2D eigenvalue weighted by Crippen LogP contribution is -2.23. The van der Waals surface area contributed by atoms with Gasteiger partial charge in [-0.1, -0.05) is 30.3 Å². The molecule has 1 amide bonds. The van der Waals surface area contributed by atoms with Crippen molar-refractivity contribution in [1.82, 2.24) is 0 Å². The van der Waals surface area contributed by atoms with Gasteiger partial charge in [-0.05, 0) is 23.8 Å². The van der Waals surface area contributed by atoms with E-state index >= 15 is 0 Å². The van der Waals surface area contributed by atoms with E-state index in [9.17, 15) is 4.79 Å². The molecule has 104 valence electrons. The molecule has 0 aliphatic heterocycles. The van der Waals surface area contributed by atoms with Crippen molar-refractivity contribution in [2.24, 2.45) is 5.73 Å². The predicted molar refractivity (Wildman–Crippen MR) is 78.0 cm³/mol. The van der Waals surface area contributed by atoms with Crippen LogP contribution >= 0.6 is 0 Å². The molecule has 2 aromatic rings. The molecule has 0 saturated carbocycles. The first-order chi connectivity index (χ1) is 10.1. The van der Waals surface area contributed by atoms with E-state index in [2.05, 4.69) is 0 Å². The lowest BCUT2D eigenvalue weighted by molar-refractivity contribution is -0.112. The fourth-order valence-electron chi connectivity index (χ4n) is 1.79. The van der Waals surface area contributed by atoms with Crippen molar-refractivity contribution in [2.45, 2.75) is 6.61 Å². The molecule has 0 radical (unpaired) electrons. The van der Waals surface area contributed by atoms with E-state index in [0.717, 1.165) is 5.56 Å². The molecule has 5 heteroatoms. The number of nitrogens with two attached hydrogens (primary N) is 1. The van der Waals surface area contributed by atoms with Gasteiger partial charge in [0, 0.05) is 5.56 Å². The number of carbonyl (C=O) groups excluding carboxylic acids is 1. The second-order valence-corrected chi connectivity index (χ2v) is 4.34. The molecule has 3 N–H and O–H groups in total. The van der Waals surface area contributed by atoms with Crippen LogP contribution in [0.3, 0.4) is 0 Å². The maximum absolute atomic E-state index is 11.2. The van der Waals surface area contributed by atoms with Crippen LogP contribution < -0.4 is 10.5 Å². The van der Waals surface area contributed by atoms with Crippen LogP contribution in [0, 0.1) is 16.7 Å². The van der Waals surface area contributed by atoms with Crippen LogP contribution in [0.4, 0.5) is 0 Å². The number of amides is 1.